The Labute approximate surface area is 155 Å². The van der Waals surface area contributed by atoms with Gasteiger partial charge in [0.2, 0.25) is 5.91 Å². The lowest BCUT2D eigenvalue weighted by molar-refractivity contribution is -0.111. The van der Waals surface area contributed by atoms with E-state index in [1.165, 1.54) is 17.4 Å². The predicted molar refractivity (Wildman–Crippen MR) is 103 cm³/mol. The van der Waals surface area contributed by atoms with Gasteiger partial charge in [-0.2, -0.15) is 0 Å². The van der Waals surface area contributed by atoms with Gasteiger partial charge in [0.1, 0.15) is 16.6 Å². The summed E-state index contributed by atoms with van der Waals surface area (Å²) in [5.74, 6) is 0.904. The largest absolute Gasteiger partial charge is 0.492 e. The predicted octanol–water partition coefficient (Wildman–Crippen LogP) is 4.04. The number of carbonyl (C=O) groups excluding carboxylic acids is 1. The average Bonchev–Trinajstić information content (AvgIpc) is 3.16. The molecule has 3 heterocycles. The molecule has 0 aliphatic heterocycles. The van der Waals surface area contributed by atoms with Gasteiger partial charge in [0, 0.05) is 23.3 Å². The fourth-order valence-corrected chi connectivity index (χ4v) is 2.85. The molecule has 0 saturated carbocycles. The highest BCUT2D eigenvalue weighted by atomic mass is 32.1. The number of nitrogens with zero attached hydrogens (tertiary/aromatic N) is 3. The standard InChI is InChI=1S/C19H18N4O2S/c1-2-11-25-14-6-8-17(21-12-14)23-18(24)9-7-15-13-22-19(26-15)16-5-3-4-10-20-16/h3-10,12-13H,2,11H2,1H3,(H,21,23,24)/b9-7+. The Bertz CT molecular complexity index is 876. The Balaban J connectivity index is 1.57. The minimum atomic E-state index is -0.257. The molecule has 132 valence electrons. The minimum Gasteiger partial charge on any atom is -0.492 e. The fourth-order valence-electron chi connectivity index (χ4n) is 2.06. The number of ether oxygens (including phenoxy) is 1. The lowest BCUT2D eigenvalue weighted by Gasteiger charge is -2.05. The Morgan fingerprint density at radius 1 is 1.19 bits per heavy atom. The van der Waals surface area contributed by atoms with Crippen molar-refractivity contribution in [3.05, 3.63) is 59.9 Å². The van der Waals surface area contributed by atoms with Gasteiger partial charge in [-0.05, 0) is 36.8 Å². The first-order chi connectivity index (χ1) is 12.7. The maximum Gasteiger partial charge on any atom is 0.249 e. The second-order valence-corrected chi connectivity index (χ2v) is 6.40. The van der Waals surface area contributed by atoms with Gasteiger partial charge in [-0.1, -0.05) is 13.0 Å². The monoisotopic (exact) mass is 366 g/mol. The second-order valence-electron chi connectivity index (χ2n) is 5.33. The van der Waals surface area contributed by atoms with Gasteiger partial charge in [-0.3, -0.25) is 9.78 Å². The first-order valence-electron chi connectivity index (χ1n) is 8.20. The molecule has 0 spiro atoms. The summed E-state index contributed by atoms with van der Waals surface area (Å²) >= 11 is 1.47. The highest BCUT2D eigenvalue weighted by Crippen LogP contribution is 2.23. The summed E-state index contributed by atoms with van der Waals surface area (Å²) in [6.45, 7) is 2.68. The van der Waals surface area contributed by atoms with Crippen LogP contribution in [0, 0.1) is 0 Å². The van der Waals surface area contributed by atoms with Gasteiger partial charge >= 0.3 is 0 Å². The molecule has 1 N–H and O–H groups in total. The van der Waals surface area contributed by atoms with Gasteiger partial charge in [0.15, 0.2) is 0 Å². The van der Waals surface area contributed by atoms with E-state index in [9.17, 15) is 4.79 Å². The highest BCUT2D eigenvalue weighted by molar-refractivity contribution is 7.15. The molecule has 26 heavy (non-hydrogen) atoms. The maximum atomic E-state index is 12.0. The summed E-state index contributed by atoms with van der Waals surface area (Å²) in [6, 6.07) is 9.17. The molecule has 0 unspecified atom stereocenters. The molecule has 0 saturated heterocycles. The van der Waals surface area contributed by atoms with E-state index in [-0.39, 0.29) is 5.91 Å². The van der Waals surface area contributed by atoms with Gasteiger partial charge in [-0.25, -0.2) is 9.97 Å². The zero-order valence-electron chi connectivity index (χ0n) is 14.3. The van der Waals surface area contributed by atoms with Crippen LogP contribution in [-0.4, -0.2) is 27.5 Å². The second kappa shape index (κ2) is 8.87. The van der Waals surface area contributed by atoms with E-state index < -0.39 is 0 Å². The maximum absolute atomic E-state index is 12.0. The lowest BCUT2D eigenvalue weighted by atomic mass is 10.4. The van der Waals surface area contributed by atoms with Crippen LogP contribution in [0.25, 0.3) is 16.8 Å². The van der Waals surface area contributed by atoms with Crippen molar-refractivity contribution in [2.75, 3.05) is 11.9 Å². The van der Waals surface area contributed by atoms with E-state index in [0.29, 0.717) is 18.2 Å². The van der Waals surface area contributed by atoms with E-state index in [1.807, 2.05) is 25.1 Å². The van der Waals surface area contributed by atoms with Crippen LogP contribution in [0.5, 0.6) is 5.75 Å². The molecule has 3 aromatic heterocycles. The van der Waals surface area contributed by atoms with Crippen molar-refractivity contribution in [1.82, 2.24) is 15.0 Å². The number of pyridine rings is 2. The third-order valence-electron chi connectivity index (χ3n) is 3.27. The zero-order valence-corrected chi connectivity index (χ0v) is 15.1. The molecule has 3 aromatic rings. The van der Waals surface area contributed by atoms with Crippen molar-refractivity contribution < 1.29 is 9.53 Å². The molecule has 1 amide bonds. The Hall–Kier alpha value is -3.06. The number of aromatic nitrogens is 3. The average molecular weight is 366 g/mol. The van der Waals surface area contributed by atoms with Crippen LogP contribution >= 0.6 is 11.3 Å². The number of hydrogen-bond donors (Lipinski definition) is 1. The summed E-state index contributed by atoms with van der Waals surface area (Å²) < 4.78 is 5.46. The zero-order chi connectivity index (χ0) is 18.2. The number of hydrogen-bond acceptors (Lipinski definition) is 6. The van der Waals surface area contributed by atoms with Gasteiger partial charge in [0.25, 0.3) is 0 Å². The van der Waals surface area contributed by atoms with Gasteiger partial charge in [-0.15, -0.1) is 11.3 Å². The molecule has 0 aliphatic carbocycles. The summed E-state index contributed by atoms with van der Waals surface area (Å²) in [5.41, 5.74) is 0.816. The Morgan fingerprint density at radius 3 is 2.85 bits per heavy atom. The highest BCUT2D eigenvalue weighted by Gasteiger charge is 2.05. The molecule has 3 rings (SSSR count). The van der Waals surface area contributed by atoms with Gasteiger partial charge < -0.3 is 10.1 Å². The smallest absolute Gasteiger partial charge is 0.249 e. The number of amides is 1. The molecular weight excluding hydrogens is 348 g/mol. The van der Waals surface area contributed by atoms with Crippen LogP contribution in [0.2, 0.25) is 0 Å². The van der Waals surface area contributed by atoms with E-state index in [0.717, 1.165) is 22.0 Å². The van der Waals surface area contributed by atoms with Crippen molar-refractivity contribution in [1.29, 1.82) is 0 Å². The quantitative estimate of drug-likeness (QED) is 0.639. The van der Waals surface area contributed by atoms with E-state index in [4.69, 9.17) is 4.74 Å². The SMILES string of the molecule is CCCOc1ccc(NC(=O)/C=C/c2cnc(-c3ccccn3)s2)nc1. The summed E-state index contributed by atoms with van der Waals surface area (Å²) in [6.07, 6.45) is 9.15. The molecule has 6 nitrogen and oxygen atoms in total. The van der Waals surface area contributed by atoms with Crippen molar-refractivity contribution in [3.63, 3.8) is 0 Å². The molecular formula is C19H18N4O2S. The minimum absolute atomic E-state index is 0.257. The van der Waals surface area contributed by atoms with Crippen LogP contribution in [0.15, 0.2) is 55.0 Å². The molecule has 0 fully saturated rings. The van der Waals surface area contributed by atoms with E-state index >= 15 is 0 Å². The third kappa shape index (κ3) is 4.97. The number of rotatable bonds is 7. The molecule has 0 atom stereocenters. The molecule has 7 heteroatoms. The topological polar surface area (TPSA) is 77.0 Å². The van der Waals surface area contributed by atoms with Crippen molar-refractivity contribution in [2.24, 2.45) is 0 Å². The summed E-state index contributed by atoms with van der Waals surface area (Å²) in [7, 11) is 0. The summed E-state index contributed by atoms with van der Waals surface area (Å²) in [5, 5.41) is 3.53. The van der Waals surface area contributed by atoms with E-state index in [1.54, 1.807) is 36.8 Å². The fraction of sp³-hybridized carbons (Fsp3) is 0.158. The van der Waals surface area contributed by atoms with Crippen LogP contribution < -0.4 is 10.1 Å². The normalized spacial score (nSPS) is 10.8. The van der Waals surface area contributed by atoms with Crippen LogP contribution in [-0.2, 0) is 4.79 Å². The molecule has 0 radical (unpaired) electrons. The first-order valence-corrected chi connectivity index (χ1v) is 9.01. The van der Waals surface area contributed by atoms with Crippen LogP contribution in [0.3, 0.4) is 0 Å². The summed E-state index contributed by atoms with van der Waals surface area (Å²) in [4.78, 5) is 25.7. The van der Waals surface area contributed by atoms with Crippen molar-refractivity contribution in [2.45, 2.75) is 13.3 Å². The third-order valence-corrected chi connectivity index (χ3v) is 4.25. The first kappa shape index (κ1) is 17.8. The van der Waals surface area contributed by atoms with E-state index in [2.05, 4.69) is 20.3 Å². The van der Waals surface area contributed by atoms with Crippen molar-refractivity contribution in [3.8, 4) is 16.5 Å². The Kier molecular flexibility index (Phi) is 6.05. The lowest BCUT2D eigenvalue weighted by Crippen LogP contribution is -2.09. The Morgan fingerprint density at radius 2 is 2.12 bits per heavy atom. The van der Waals surface area contributed by atoms with Crippen molar-refractivity contribution >= 4 is 29.1 Å². The van der Waals surface area contributed by atoms with Crippen LogP contribution in [0.4, 0.5) is 5.82 Å². The number of nitrogens with one attached hydrogen (secondary N) is 1. The van der Waals surface area contributed by atoms with Gasteiger partial charge in [0.05, 0.1) is 18.5 Å². The number of carbonyl (C=O) groups is 1. The molecule has 0 bridgehead atoms. The molecule has 0 aromatic carbocycles. The van der Waals surface area contributed by atoms with Crippen LogP contribution in [0.1, 0.15) is 18.2 Å². The number of anilines is 1. The molecule has 0 aliphatic rings. The number of thiazole rings is 1.